The molecule has 0 unspecified atom stereocenters. The zero-order chi connectivity index (χ0) is 24.5. The molecule has 4 aromatic rings. The second-order valence-corrected chi connectivity index (χ2v) is 8.08. The van der Waals surface area contributed by atoms with Gasteiger partial charge in [0.25, 0.3) is 11.8 Å². The number of halogens is 1. The van der Waals surface area contributed by atoms with Gasteiger partial charge in [-0.2, -0.15) is 9.49 Å². The van der Waals surface area contributed by atoms with Gasteiger partial charge in [-0.3, -0.25) is 9.59 Å². The highest BCUT2D eigenvalue weighted by Gasteiger charge is 2.27. The number of aryl methyl sites for hydroxylation is 1. The largest absolute Gasteiger partial charge is 0.478 e. The zero-order valence-electron chi connectivity index (χ0n) is 18.2. The second-order valence-electron chi connectivity index (χ2n) is 8.08. The Hall–Kier alpha value is -4.67. The van der Waals surface area contributed by atoms with E-state index in [-0.39, 0.29) is 29.5 Å². The van der Waals surface area contributed by atoms with Crippen molar-refractivity contribution in [3.8, 4) is 0 Å². The average molecular weight is 474 g/mol. The number of aromatic nitrogens is 4. The van der Waals surface area contributed by atoms with E-state index < -0.39 is 23.7 Å². The standard InChI is InChI=1S/C24H19FN6O4/c25-20-9-13(5-7-26-20)12-27-22(32)18-11-19(31-21(29-18)6-8-28-31)23(33)30-17-4-2-14-10-15(24(34)35)1-3-16(14)17/h1,3,5-11,17H,2,4,12H2,(H,27,32)(H,30,33)(H,34,35)/t17-/m0/s1. The van der Waals surface area contributed by atoms with Crippen LogP contribution in [0.1, 0.15) is 60.5 Å². The number of nitrogens with zero attached hydrogens (tertiary/aromatic N) is 4. The Morgan fingerprint density at radius 3 is 2.74 bits per heavy atom. The maximum Gasteiger partial charge on any atom is 0.335 e. The summed E-state index contributed by atoms with van der Waals surface area (Å²) < 4.78 is 14.6. The van der Waals surface area contributed by atoms with Crippen LogP contribution in [0.3, 0.4) is 0 Å². The Kier molecular flexibility index (Phi) is 5.65. The maximum absolute atomic E-state index is 13.3. The molecule has 0 bridgehead atoms. The first-order valence-electron chi connectivity index (χ1n) is 10.8. The van der Waals surface area contributed by atoms with E-state index in [0.717, 1.165) is 11.1 Å². The highest BCUT2D eigenvalue weighted by molar-refractivity contribution is 5.98. The molecule has 1 aliphatic carbocycles. The van der Waals surface area contributed by atoms with Crippen LogP contribution in [0.5, 0.6) is 0 Å². The first-order chi connectivity index (χ1) is 16.9. The number of nitrogens with one attached hydrogen (secondary N) is 2. The summed E-state index contributed by atoms with van der Waals surface area (Å²) in [5.41, 5.74) is 2.91. The van der Waals surface area contributed by atoms with E-state index in [1.165, 1.54) is 35.1 Å². The van der Waals surface area contributed by atoms with Crippen LogP contribution in [0.25, 0.3) is 5.65 Å². The van der Waals surface area contributed by atoms with Crippen LogP contribution in [0.2, 0.25) is 0 Å². The summed E-state index contributed by atoms with van der Waals surface area (Å²) in [5, 5.41) is 19.0. The van der Waals surface area contributed by atoms with Gasteiger partial charge in [0.2, 0.25) is 5.95 Å². The van der Waals surface area contributed by atoms with Crippen LogP contribution in [-0.4, -0.2) is 42.5 Å². The summed E-state index contributed by atoms with van der Waals surface area (Å²) >= 11 is 0. The lowest BCUT2D eigenvalue weighted by atomic mass is 10.0. The van der Waals surface area contributed by atoms with Crippen molar-refractivity contribution in [1.82, 2.24) is 30.2 Å². The molecular weight excluding hydrogens is 455 g/mol. The number of hydrogen-bond acceptors (Lipinski definition) is 6. The van der Waals surface area contributed by atoms with Crippen molar-refractivity contribution in [2.24, 2.45) is 0 Å². The number of aromatic carboxylic acids is 1. The van der Waals surface area contributed by atoms with E-state index in [2.05, 4.69) is 25.7 Å². The number of rotatable bonds is 6. The van der Waals surface area contributed by atoms with Gasteiger partial charge in [-0.1, -0.05) is 6.07 Å². The van der Waals surface area contributed by atoms with Gasteiger partial charge in [0, 0.05) is 24.9 Å². The molecule has 0 saturated carbocycles. The first kappa shape index (κ1) is 22.1. The van der Waals surface area contributed by atoms with Gasteiger partial charge in [0.05, 0.1) is 17.8 Å². The van der Waals surface area contributed by atoms with Crippen molar-refractivity contribution in [2.75, 3.05) is 0 Å². The summed E-state index contributed by atoms with van der Waals surface area (Å²) in [4.78, 5) is 44.9. The number of amides is 2. The van der Waals surface area contributed by atoms with Gasteiger partial charge < -0.3 is 15.7 Å². The molecule has 35 heavy (non-hydrogen) atoms. The van der Waals surface area contributed by atoms with E-state index in [0.29, 0.717) is 24.1 Å². The molecule has 0 radical (unpaired) electrons. The molecule has 3 heterocycles. The summed E-state index contributed by atoms with van der Waals surface area (Å²) in [7, 11) is 0. The smallest absolute Gasteiger partial charge is 0.335 e. The lowest BCUT2D eigenvalue weighted by Crippen LogP contribution is -2.30. The van der Waals surface area contributed by atoms with E-state index in [1.54, 1.807) is 24.3 Å². The molecule has 3 aromatic heterocycles. The second kappa shape index (κ2) is 8.93. The summed E-state index contributed by atoms with van der Waals surface area (Å²) in [6.07, 6.45) is 4.03. The lowest BCUT2D eigenvalue weighted by molar-refractivity contribution is 0.0696. The SMILES string of the molecule is O=C(O)c1ccc2c(c1)CC[C@@H]2NC(=O)c1cc(C(=O)NCc2ccnc(F)c2)nc2ccnn12. The van der Waals surface area contributed by atoms with Crippen LogP contribution >= 0.6 is 0 Å². The molecule has 11 heteroatoms. The van der Waals surface area contributed by atoms with Gasteiger partial charge in [0.1, 0.15) is 11.4 Å². The number of carbonyl (C=O) groups is 3. The zero-order valence-corrected chi connectivity index (χ0v) is 18.2. The molecule has 0 saturated heterocycles. The normalized spacial score (nSPS) is 14.5. The van der Waals surface area contributed by atoms with E-state index in [1.807, 2.05) is 0 Å². The van der Waals surface area contributed by atoms with Crippen LogP contribution in [0.15, 0.2) is 54.9 Å². The molecule has 3 N–H and O–H groups in total. The fourth-order valence-electron chi connectivity index (χ4n) is 4.15. The van der Waals surface area contributed by atoms with Crippen LogP contribution in [-0.2, 0) is 13.0 Å². The van der Waals surface area contributed by atoms with E-state index in [9.17, 15) is 23.9 Å². The molecule has 0 spiro atoms. The van der Waals surface area contributed by atoms with E-state index >= 15 is 0 Å². The average Bonchev–Trinajstić information content (AvgIpc) is 3.48. The van der Waals surface area contributed by atoms with Crippen molar-refractivity contribution >= 4 is 23.4 Å². The molecule has 0 aliphatic heterocycles. The Balaban J connectivity index is 1.37. The Bertz CT molecular complexity index is 1480. The molecule has 1 aromatic carbocycles. The Morgan fingerprint density at radius 2 is 1.94 bits per heavy atom. The highest BCUT2D eigenvalue weighted by Crippen LogP contribution is 2.32. The number of pyridine rings is 1. The van der Waals surface area contributed by atoms with Crippen LogP contribution in [0, 0.1) is 5.95 Å². The quantitative estimate of drug-likeness (QED) is 0.365. The fraction of sp³-hybridized carbons (Fsp3) is 0.167. The topological polar surface area (TPSA) is 139 Å². The summed E-state index contributed by atoms with van der Waals surface area (Å²) in [5.74, 6) is -2.64. The third-order valence-electron chi connectivity index (χ3n) is 5.84. The van der Waals surface area contributed by atoms with Crippen molar-refractivity contribution in [3.05, 3.63) is 94.4 Å². The monoisotopic (exact) mass is 474 g/mol. The molecule has 1 atom stereocenters. The molecular formula is C24H19FN6O4. The van der Waals surface area contributed by atoms with Crippen molar-refractivity contribution in [3.63, 3.8) is 0 Å². The minimum Gasteiger partial charge on any atom is -0.478 e. The Labute approximate surface area is 197 Å². The molecule has 176 valence electrons. The predicted octanol–water partition coefficient (Wildman–Crippen LogP) is 2.31. The van der Waals surface area contributed by atoms with Crippen molar-refractivity contribution in [1.29, 1.82) is 0 Å². The van der Waals surface area contributed by atoms with Gasteiger partial charge in [-0.15, -0.1) is 0 Å². The van der Waals surface area contributed by atoms with Crippen molar-refractivity contribution < 1.29 is 23.9 Å². The molecule has 10 nitrogen and oxygen atoms in total. The fourth-order valence-corrected chi connectivity index (χ4v) is 4.15. The summed E-state index contributed by atoms with van der Waals surface area (Å²) in [6.45, 7) is 0.0586. The van der Waals surface area contributed by atoms with Gasteiger partial charge in [-0.25, -0.2) is 19.3 Å². The predicted molar refractivity (Wildman–Crippen MR) is 120 cm³/mol. The molecule has 1 aliphatic rings. The number of hydrogen-bond donors (Lipinski definition) is 3. The number of carboxylic acids is 1. The molecule has 2 amide bonds. The van der Waals surface area contributed by atoms with E-state index in [4.69, 9.17) is 0 Å². The van der Waals surface area contributed by atoms with Gasteiger partial charge in [0.15, 0.2) is 5.65 Å². The van der Waals surface area contributed by atoms with Gasteiger partial charge in [-0.05, 0) is 53.8 Å². The molecule has 5 rings (SSSR count). The summed E-state index contributed by atoms with van der Waals surface area (Å²) in [6, 6.07) is 10.3. The number of carboxylic acid groups (broad SMARTS) is 1. The number of fused-ring (bicyclic) bond motifs is 2. The third kappa shape index (κ3) is 4.43. The highest BCUT2D eigenvalue weighted by atomic mass is 19.1. The number of carbonyl (C=O) groups excluding carboxylic acids is 2. The Morgan fingerprint density at radius 1 is 1.09 bits per heavy atom. The lowest BCUT2D eigenvalue weighted by Gasteiger charge is -2.15. The maximum atomic E-state index is 13.3. The van der Waals surface area contributed by atoms with Gasteiger partial charge >= 0.3 is 5.97 Å². The number of benzene rings is 1. The minimum absolute atomic E-state index is 0.00981. The first-order valence-corrected chi connectivity index (χ1v) is 10.8. The van der Waals surface area contributed by atoms with Crippen LogP contribution < -0.4 is 10.6 Å². The minimum atomic E-state index is -1.00. The van der Waals surface area contributed by atoms with Crippen molar-refractivity contribution in [2.45, 2.75) is 25.4 Å². The molecule has 0 fully saturated rings. The third-order valence-corrected chi connectivity index (χ3v) is 5.84. The van der Waals surface area contributed by atoms with Crippen LogP contribution in [0.4, 0.5) is 4.39 Å².